The van der Waals surface area contributed by atoms with E-state index in [0.717, 1.165) is 0 Å². The van der Waals surface area contributed by atoms with Crippen molar-refractivity contribution in [2.24, 2.45) is 5.73 Å². The summed E-state index contributed by atoms with van der Waals surface area (Å²) in [5, 5.41) is 8.81. The highest BCUT2D eigenvalue weighted by atomic mass is 16.7. The van der Waals surface area contributed by atoms with E-state index in [9.17, 15) is 4.79 Å². The minimum atomic E-state index is -1.11. The Hall–Kier alpha value is -1.95. The highest BCUT2D eigenvalue weighted by molar-refractivity contribution is 5.76. The lowest BCUT2D eigenvalue weighted by molar-refractivity contribution is -0.138. The van der Waals surface area contributed by atoms with Gasteiger partial charge in [0.15, 0.2) is 11.5 Å². The van der Waals surface area contributed by atoms with Crippen LogP contribution in [0.3, 0.4) is 0 Å². The van der Waals surface area contributed by atoms with Gasteiger partial charge in [-0.05, 0) is 17.7 Å². The van der Waals surface area contributed by atoms with Gasteiger partial charge >= 0.3 is 5.97 Å². The molecule has 1 aromatic rings. The van der Waals surface area contributed by atoms with E-state index in [1.54, 1.807) is 6.07 Å². The van der Waals surface area contributed by atoms with Crippen LogP contribution >= 0.6 is 0 Å². The van der Waals surface area contributed by atoms with Gasteiger partial charge in [-0.15, -0.1) is 0 Å². The second-order valence-electron chi connectivity index (χ2n) is 3.27. The average Bonchev–Trinajstić information content (AvgIpc) is 2.74. The Balaban J connectivity index is 2.45. The number of fused-ring (bicyclic) bond motifs is 1. The van der Waals surface area contributed by atoms with Crippen molar-refractivity contribution in [3.05, 3.63) is 17.7 Å². The molecule has 16 heavy (non-hydrogen) atoms. The SMILES string of the molecule is COc1cc(C(N)C(=O)O)cc2c1OCO2. The Morgan fingerprint density at radius 1 is 1.56 bits per heavy atom. The fourth-order valence-electron chi connectivity index (χ4n) is 1.47. The highest BCUT2D eigenvalue weighted by Gasteiger charge is 2.24. The van der Waals surface area contributed by atoms with Crippen molar-refractivity contribution in [1.82, 2.24) is 0 Å². The van der Waals surface area contributed by atoms with Crippen LogP contribution in [0.5, 0.6) is 17.2 Å². The maximum atomic E-state index is 10.8. The molecule has 0 spiro atoms. The van der Waals surface area contributed by atoms with E-state index in [2.05, 4.69) is 0 Å². The molecule has 6 nitrogen and oxygen atoms in total. The Kier molecular flexibility index (Phi) is 2.57. The summed E-state index contributed by atoms with van der Waals surface area (Å²) in [6.45, 7) is 0.0947. The molecule has 1 heterocycles. The Labute approximate surface area is 91.5 Å². The van der Waals surface area contributed by atoms with E-state index < -0.39 is 12.0 Å². The normalized spacial score (nSPS) is 14.6. The molecule has 1 aliphatic heterocycles. The first-order chi connectivity index (χ1) is 7.63. The molecule has 0 fully saturated rings. The molecule has 6 heteroatoms. The number of methoxy groups -OCH3 is 1. The number of hydrogen-bond acceptors (Lipinski definition) is 5. The number of carboxylic acid groups (broad SMARTS) is 1. The van der Waals surface area contributed by atoms with Crippen molar-refractivity contribution in [3.63, 3.8) is 0 Å². The van der Waals surface area contributed by atoms with Crippen LogP contribution in [0.15, 0.2) is 12.1 Å². The number of aliphatic carboxylic acids is 1. The lowest BCUT2D eigenvalue weighted by Crippen LogP contribution is -2.20. The first-order valence-corrected chi connectivity index (χ1v) is 4.59. The van der Waals surface area contributed by atoms with Gasteiger partial charge < -0.3 is 25.1 Å². The van der Waals surface area contributed by atoms with Gasteiger partial charge in [0.25, 0.3) is 0 Å². The van der Waals surface area contributed by atoms with E-state index in [1.807, 2.05) is 0 Å². The van der Waals surface area contributed by atoms with Gasteiger partial charge in [0.1, 0.15) is 6.04 Å². The van der Waals surface area contributed by atoms with E-state index >= 15 is 0 Å². The lowest BCUT2D eigenvalue weighted by Gasteiger charge is -2.10. The van der Waals surface area contributed by atoms with E-state index in [1.165, 1.54) is 13.2 Å². The third-order valence-corrected chi connectivity index (χ3v) is 2.31. The number of benzene rings is 1. The van der Waals surface area contributed by atoms with Crippen molar-refractivity contribution in [2.45, 2.75) is 6.04 Å². The molecule has 1 aromatic carbocycles. The maximum Gasteiger partial charge on any atom is 0.325 e. The largest absolute Gasteiger partial charge is 0.493 e. The number of hydrogen-bond donors (Lipinski definition) is 2. The standard InChI is InChI=1S/C10H11NO5/c1-14-6-2-5(8(11)10(12)13)3-7-9(6)16-4-15-7/h2-3,8H,4,11H2,1H3,(H,12,13). The molecular formula is C10H11NO5. The van der Waals surface area contributed by atoms with E-state index in [0.29, 0.717) is 22.8 Å². The third-order valence-electron chi connectivity index (χ3n) is 2.31. The summed E-state index contributed by atoms with van der Waals surface area (Å²) in [7, 11) is 1.47. The Morgan fingerprint density at radius 2 is 2.31 bits per heavy atom. The zero-order valence-corrected chi connectivity index (χ0v) is 8.60. The summed E-state index contributed by atoms with van der Waals surface area (Å²) in [6, 6.07) is 1.97. The summed E-state index contributed by atoms with van der Waals surface area (Å²) in [5.41, 5.74) is 5.91. The van der Waals surface area contributed by atoms with Crippen LogP contribution in [0.25, 0.3) is 0 Å². The Morgan fingerprint density at radius 3 is 2.94 bits per heavy atom. The highest BCUT2D eigenvalue weighted by Crippen LogP contribution is 2.42. The zero-order valence-electron chi connectivity index (χ0n) is 8.60. The van der Waals surface area contributed by atoms with Crippen LogP contribution in [0, 0.1) is 0 Å². The number of rotatable bonds is 3. The van der Waals surface area contributed by atoms with Crippen LogP contribution in [0.1, 0.15) is 11.6 Å². The molecular weight excluding hydrogens is 214 g/mol. The van der Waals surface area contributed by atoms with Crippen molar-refractivity contribution in [1.29, 1.82) is 0 Å². The molecule has 1 aliphatic rings. The smallest absolute Gasteiger partial charge is 0.325 e. The van der Waals surface area contributed by atoms with E-state index in [-0.39, 0.29) is 6.79 Å². The van der Waals surface area contributed by atoms with Crippen LogP contribution < -0.4 is 19.9 Å². The van der Waals surface area contributed by atoms with Gasteiger partial charge in [0.05, 0.1) is 7.11 Å². The van der Waals surface area contributed by atoms with Crippen LogP contribution in [-0.4, -0.2) is 25.0 Å². The summed E-state index contributed by atoms with van der Waals surface area (Å²) in [4.78, 5) is 10.8. The first kappa shape index (κ1) is 10.6. The van der Waals surface area contributed by atoms with Crippen molar-refractivity contribution in [2.75, 3.05) is 13.9 Å². The number of nitrogens with two attached hydrogens (primary N) is 1. The van der Waals surface area contributed by atoms with Gasteiger partial charge in [0.2, 0.25) is 12.5 Å². The van der Waals surface area contributed by atoms with Gasteiger partial charge in [0, 0.05) is 0 Å². The van der Waals surface area contributed by atoms with Crippen LogP contribution in [-0.2, 0) is 4.79 Å². The fraction of sp³-hybridized carbons (Fsp3) is 0.300. The molecule has 0 aliphatic carbocycles. The first-order valence-electron chi connectivity index (χ1n) is 4.59. The molecule has 3 N–H and O–H groups in total. The zero-order chi connectivity index (χ0) is 11.7. The monoisotopic (exact) mass is 225 g/mol. The van der Waals surface area contributed by atoms with Gasteiger partial charge in [-0.2, -0.15) is 0 Å². The van der Waals surface area contributed by atoms with Gasteiger partial charge in [-0.25, -0.2) is 0 Å². The predicted molar refractivity (Wildman–Crippen MR) is 53.7 cm³/mol. The molecule has 1 atom stereocenters. The molecule has 0 bridgehead atoms. The summed E-state index contributed by atoms with van der Waals surface area (Å²) in [5.74, 6) is 0.234. The molecule has 0 radical (unpaired) electrons. The Bertz CT molecular complexity index is 431. The molecule has 0 aromatic heterocycles. The van der Waals surface area contributed by atoms with Crippen LogP contribution in [0.2, 0.25) is 0 Å². The van der Waals surface area contributed by atoms with E-state index in [4.69, 9.17) is 25.1 Å². The number of carbonyl (C=O) groups is 1. The van der Waals surface area contributed by atoms with Crippen LogP contribution in [0.4, 0.5) is 0 Å². The molecule has 0 saturated heterocycles. The predicted octanol–water partition coefficient (Wildman–Crippen LogP) is 0.508. The fourth-order valence-corrected chi connectivity index (χ4v) is 1.47. The summed E-state index contributed by atoms with van der Waals surface area (Å²) in [6.07, 6.45) is 0. The van der Waals surface area contributed by atoms with Gasteiger partial charge in [-0.3, -0.25) is 4.79 Å². The minimum Gasteiger partial charge on any atom is -0.493 e. The summed E-state index contributed by atoms with van der Waals surface area (Å²) < 4.78 is 15.4. The second-order valence-corrected chi connectivity index (χ2v) is 3.27. The van der Waals surface area contributed by atoms with Crippen molar-refractivity contribution in [3.8, 4) is 17.2 Å². The third kappa shape index (κ3) is 1.63. The van der Waals surface area contributed by atoms with Crippen molar-refractivity contribution < 1.29 is 24.1 Å². The average molecular weight is 225 g/mol. The maximum absolute atomic E-state index is 10.8. The topological polar surface area (TPSA) is 91.0 Å². The minimum absolute atomic E-state index is 0.0947. The van der Waals surface area contributed by atoms with Crippen molar-refractivity contribution >= 4 is 5.97 Å². The van der Waals surface area contributed by atoms with Gasteiger partial charge in [-0.1, -0.05) is 0 Å². The molecule has 0 saturated carbocycles. The number of carboxylic acids is 1. The molecule has 2 rings (SSSR count). The molecule has 0 amide bonds. The lowest BCUT2D eigenvalue weighted by atomic mass is 10.1. The molecule has 86 valence electrons. The number of ether oxygens (including phenoxy) is 3. The molecule has 1 unspecified atom stereocenters. The summed E-state index contributed by atoms with van der Waals surface area (Å²) >= 11 is 0. The quantitative estimate of drug-likeness (QED) is 0.778. The second kappa shape index (κ2) is 3.90.